The normalized spacial score (nSPS) is 27.6. The summed E-state index contributed by atoms with van der Waals surface area (Å²) in [6.45, 7) is 8.86. The molecule has 0 spiro atoms. The molecule has 2 heteroatoms. The topological polar surface area (TPSA) is 13.6 Å². The minimum atomic E-state index is 0.535. The van der Waals surface area contributed by atoms with Crippen LogP contribution >= 0.6 is 0 Å². The van der Waals surface area contributed by atoms with Crippen molar-refractivity contribution in [2.45, 2.75) is 6.42 Å². The summed E-state index contributed by atoms with van der Waals surface area (Å²) in [5.41, 5.74) is 0. The van der Waals surface area contributed by atoms with Crippen molar-refractivity contribution in [2.75, 3.05) is 19.8 Å². The van der Waals surface area contributed by atoms with Crippen LogP contribution in [0.1, 0.15) is 6.42 Å². The van der Waals surface area contributed by atoms with E-state index in [-0.39, 0.29) is 0 Å². The second-order valence-electron chi connectivity index (χ2n) is 2.07. The highest BCUT2D eigenvalue weighted by molar-refractivity contribution is 4.72. The molecule has 1 atom stereocenters. The Kier molecular flexibility index (Phi) is 1.87. The van der Waals surface area contributed by atoms with Gasteiger partial charge in [-0.15, -0.1) is 0 Å². The molecule has 0 saturated carbocycles. The average molecular weight is 111 g/mol. The maximum absolute atomic E-state index is 6.54. The fraction of sp³-hybridized carbons (Fsp3) is 0.833. The molecule has 1 aliphatic heterocycles. The van der Waals surface area contributed by atoms with Crippen molar-refractivity contribution in [3.8, 4) is 0 Å². The third-order valence-electron chi connectivity index (χ3n) is 1.37. The van der Waals surface area contributed by atoms with Crippen molar-refractivity contribution in [1.29, 1.82) is 0 Å². The largest absolute Gasteiger partial charge is 0.381 e. The van der Waals surface area contributed by atoms with Gasteiger partial charge in [-0.25, -0.2) is 6.57 Å². The minimum Gasteiger partial charge on any atom is -0.381 e. The molecule has 0 radical (unpaired) electrons. The van der Waals surface area contributed by atoms with E-state index in [1.54, 1.807) is 0 Å². The molecule has 1 fully saturated rings. The summed E-state index contributed by atoms with van der Waals surface area (Å²) in [4.78, 5) is 3.29. The zero-order valence-electron chi connectivity index (χ0n) is 4.76. The third-order valence-corrected chi connectivity index (χ3v) is 1.37. The molecule has 1 saturated heterocycles. The molecule has 2 nitrogen and oxygen atoms in total. The molecule has 0 aromatic rings. The zero-order valence-corrected chi connectivity index (χ0v) is 4.76. The first kappa shape index (κ1) is 5.58. The summed E-state index contributed by atoms with van der Waals surface area (Å²) in [6, 6.07) is 0. The number of nitrogens with zero attached hydrogens (tertiary/aromatic N) is 1. The van der Waals surface area contributed by atoms with Gasteiger partial charge in [-0.3, -0.25) is 0 Å². The molecule has 0 aliphatic carbocycles. The van der Waals surface area contributed by atoms with Crippen LogP contribution in [0.5, 0.6) is 0 Å². The minimum absolute atomic E-state index is 0.535. The molecule has 1 rings (SSSR count). The summed E-state index contributed by atoms with van der Waals surface area (Å²) in [5, 5.41) is 0. The number of hydrogen-bond acceptors (Lipinski definition) is 1. The zero-order chi connectivity index (χ0) is 5.82. The molecule has 0 amide bonds. The van der Waals surface area contributed by atoms with Gasteiger partial charge in [0.2, 0.25) is 6.54 Å². The van der Waals surface area contributed by atoms with Crippen LogP contribution in [0.4, 0.5) is 0 Å². The van der Waals surface area contributed by atoms with Crippen molar-refractivity contribution >= 4 is 0 Å². The predicted molar refractivity (Wildman–Crippen MR) is 30.4 cm³/mol. The molecule has 0 aromatic carbocycles. The van der Waals surface area contributed by atoms with Crippen LogP contribution in [0.3, 0.4) is 0 Å². The quantitative estimate of drug-likeness (QED) is 0.459. The van der Waals surface area contributed by atoms with Crippen LogP contribution in [0.25, 0.3) is 4.85 Å². The van der Waals surface area contributed by atoms with Gasteiger partial charge in [-0.2, -0.15) is 0 Å². The van der Waals surface area contributed by atoms with Gasteiger partial charge in [0.05, 0.1) is 12.5 Å². The van der Waals surface area contributed by atoms with Crippen LogP contribution in [0.2, 0.25) is 0 Å². The van der Waals surface area contributed by atoms with E-state index in [0.29, 0.717) is 12.5 Å². The molecule has 44 valence electrons. The van der Waals surface area contributed by atoms with Crippen molar-refractivity contribution in [3.63, 3.8) is 0 Å². The van der Waals surface area contributed by atoms with Gasteiger partial charge in [0.25, 0.3) is 0 Å². The Labute approximate surface area is 49.3 Å². The number of ether oxygens (including phenoxy) is 1. The smallest absolute Gasteiger partial charge is 0.219 e. The standard InChI is InChI=1S/C6H9NO/c1-7-4-6-2-3-8-5-6/h6H,2-5H2. The lowest BCUT2D eigenvalue weighted by molar-refractivity contribution is 0.188. The molecule has 8 heavy (non-hydrogen) atoms. The molecule has 1 aliphatic rings. The fourth-order valence-corrected chi connectivity index (χ4v) is 0.856. The highest BCUT2D eigenvalue weighted by Gasteiger charge is 2.17. The van der Waals surface area contributed by atoms with E-state index in [1.807, 2.05) is 0 Å². The second-order valence-corrected chi connectivity index (χ2v) is 2.07. The first-order valence-corrected chi connectivity index (χ1v) is 2.84. The van der Waals surface area contributed by atoms with Gasteiger partial charge in [0, 0.05) is 6.61 Å². The lowest BCUT2D eigenvalue weighted by atomic mass is 10.1. The maximum atomic E-state index is 6.54. The van der Waals surface area contributed by atoms with Crippen molar-refractivity contribution in [2.24, 2.45) is 5.92 Å². The summed E-state index contributed by atoms with van der Waals surface area (Å²) in [7, 11) is 0. The highest BCUT2D eigenvalue weighted by Crippen LogP contribution is 2.11. The lowest BCUT2D eigenvalue weighted by Crippen LogP contribution is -2.00. The van der Waals surface area contributed by atoms with Gasteiger partial charge in [0.1, 0.15) is 0 Å². The van der Waals surface area contributed by atoms with E-state index in [1.165, 1.54) is 0 Å². The second kappa shape index (κ2) is 2.68. The van der Waals surface area contributed by atoms with Gasteiger partial charge in [0.15, 0.2) is 0 Å². The van der Waals surface area contributed by atoms with Crippen molar-refractivity contribution < 1.29 is 4.74 Å². The summed E-state index contributed by atoms with van der Waals surface area (Å²) in [5.74, 6) is 0.535. The molecular formula is C6H9NO. The Bertz CT molecular complexity index is 99.6. The maximum Gasteiger partial charge on any atom is 0.219 e. The molecular weight excluding hydrogens is 102 g/mol. The summed E-state index contributed by atoms with van der Waals surface area (Å²) < 4.78 is 5.07. The Morgan fingerprint density at radius 1 is 1.75 bits per heavy atom. The molecule has 1 heterocycles. The first-order chi connectivity index (χ1) is 3.93. The molecule has 1 unspecified atom stereocenters. The summed E-state index contributed by atoms with van der Waals surface area (Å²) >= 11 is 0. The van der Waals surface area contributed by atoms with Crippen LogP contribution in [-0.2, 0) is 4.74 Å². The monoisotopic (exact) mass is 111 g/mol. The van der Waals surface area contributed by atoms with Gasteiger partial charge < -0.3 is 9.58 Å². The van der Waals surface area contributed by atoms with Gasteiger partial charge in [-0.1, -0.05) is 0 Å². The molecule has 0 bridgehead atoms. The van der Waals surface area contributed by atoms with E-state index in [9.17, 15) is 0 Å². The van der Waals surface area contributed by atoms with Gasteiger partial charge in [-0.05, 0) is 6.42 Å². The SMILES string of the molecule is [C-]#[N+]CC1CCOC1. The first-order valence-electron chi connectivity index (χ1n) is 2.84. The van der Waals surface area contributed by atoms with Gasteiger partial charge >= 0.3 is 0 Å². The Morgan fingerprint density at radius 3 is 3.12 bits per heavy atom. The van der Waals surface area contributed by atoms with Crippen molar-refractivity contribution in [1.82, 2.24) is 0 Å². The van der Waals surface area contributed by atoms with E-state index >= 15 is 0 Å². The van der Waals surface area contributed by atoms with Crippen LogP contribution in [-0.4, -0.2) is 19.8 Å². The number of hydrogen-bond donors (Lipinski definition) is 0. The number of rotatable bonds is 1. The average Bonchev–Trinajstić information content (AvgIpc) is 2.19. The third kappa shape index (κ3) is 1.21. The van der Waals surface area contributed by atoms with E-state index in [4.69, 9.17) is 11.3 Å². The van der Waals surface area contributed by atoms with E-state index < -0.39 is 0 Å². The van der Waals surface area contributed by atoms with E-state index in [0.717, 1.165) is 19.6 Å². The van der Waals surface area contributed by atoms with E-state index in [2.05, 4.69) is 4.85 Å². The molecule has 0 N–H and O–H groups in total. The Balaban J connectivity index is 2.17. The lowest BCUT2D eigenvalue weighted by Gasteiger charge is -1.92. The molecule has 0 aromatic heterocycles. The van der Waals surface area contributed by atoms with Crippen molar-refractivity contribution in [3.05, 3.63) is 11.4 Å². The highest BCUT2D eigenvalue weighted by atomic mass is 16.5. The Morgan fingerprint density at radius 2 is 2.62 bits per heavy atom. The van der Waals surface area contributed by atoms with Crippen LogP contribution in [0.15, 0.2) is 0 Å². The summed E-state index contributed by atoms with van der Waals surface area (Å²) in [6.07, 6.45) is 1.09. The van der Waals surface area contributed by atoms with Crippen LogP contribution < -0.4 is 0 Å². The predicted octanol–water partition coefficient (Wildman–Crippen LogP) is 0.942. The van der Waals surface area contributed by atoms with Crippen LogP contribution in [0, 0.1) is 12.5 Å². The Hall–Kier alpha value is -0.550. The fourth-order valence-electron chi connectivity index (χ4n) is 0.856.